The fourth-order valence-electron chi connectivity index (χ4n) is 5.33. The molecule has 1 aromatic carbocycles. The van der Waals surface area contributed by atoms with E-state index in [4.69, 9.17) is 4.74 Å². The Kier molecular flexibility index (Phi) is 6.03. The first kappa shape index (κ1) is 25.5. The summed E-state index contributed by atoms with van der Waals surface area (Å²) < 4.78 is 7.24. The van der Waals surface area contributed by atoms with E-state index < -0.39 is 5.60 Å². The summed E-state index contributed by atoms with van der Waals surface area (Å²) in [5.74, 6) is 2.54. The van der Waals surface area contributed by atoms with Gasteiger partial charge in [-0.05, 0) is 51.0 Å². The number of carbonyl (C=O) groups is 1. The fourth-order valence-corrected chi connectivity index (χ4v) is 5.33. The molecule has 1 fully saturated rings. The maximum atomic E-state index is 12.8. The quantitative estimate of drug-likeness (QED) is 0.357. The highest BCUT2D eigenvalue weighted by molar-refractivity contribution is 6.05. The van der Waals surface area contributed by atoms with Crippen LogP contribution in [0.15, 0.2) is 54.7 Å². The molecule has 0 radical (unpaired) electrons. The lowest BCUT2D eigenvalue weighted by Gasteiger charge is -2.28. The topological polar surface area (TPSA) is 110 Å². The van der Waals surface area contributed by atoms with E-state index in [1.54, 1.807) is 15.8 Å². The largest absolute Gasteiger partial charge is 0.444 e. The number of likely N-dealkylation sites (tertiary alicyclic amines) is 1. The summed E-state index contributed by atoms with van der Waals surface area (Å²) >= 11 is 0. The summed E-state index contributed by atoms with van der Waals surface area (Å²) in [6.07, 6.45) is 5.77. The second-order valence-corrected chi connectivity index (χ2v) is 11.2. The zero-order valence-corrected chi connectivity index (χ0v) is 23.1. The number of hydrogen-bond donors (Lipinski definition) is 0. The van der Waals surface area contributed by atoms with Gasteiger partial charge in [0.25, 0.3) is 0 Å². The average molecular weight is 539 g/mol. The summed E-state index contributed by atoms with van der Waals surface area (Å²) in [6, 6.07) is 9.88. The first-order valence-corrected chi connectivity index (χ1v) is 13.1. The number of fused-ring (bicyclic) bond motifs is 3. The lowest BCUT2D eigenvalue weighted by Crippen LogP contribution is -2.40. The summed E-state index contributed by atoms with van der Waals surface area (Å²) in [6.45, 7) is 6.54. The molecule has 5 heterocycles. The minimum atomic E-state index is -0.580. The molecule has 1 amide bonds. The Hall–Kier alpha value is -4.76. The Bertz CT molecular complexity index is 1670. The third kappa shape index (κ3) is 4.44. The Morgan fingerprint density at radius 3 is 2.52 bits per heavy atom. The molecule has 1 saturated heterocycles. The molecule has 0 saturated carbocycles. The highest BCUT2D eigenvalue weighted by atomic mass is 16.6. The minimum Gasteiger partial charge on any atom is -0.444 e. The third-order valence-corrected chi connectivity index (χ3v) is 7.20. The average Bonchev–Trinajstić information content (AvgIpc) is 3.65. The lowest BCUT2D eigenvalue weighted by atomic mass is 10.0. The van der Waals surface area contributed by atoms with Crippen molar-refractivity contribution >= 4 is 34.3 Å². The summed E-state index contributed by atoms with van der Waals surface area (Å²) in [7, 11) is 3.66. The summed E-state index contributed by atoms with van der Waals surface area (Å²) in [4.78, 5) is 39.8. The van der Waals surface area contributed by atoms with E-state index in [0.717, 1.165) is 39.1 Å². The molecular weight excluding hydrogens is 508 g/mol. The van der Waals surface area contributed by atoms with Crippen LogP contribution in [0.5, 0.6) is 0 Å². The number of aryl methyl sites for hydroxylation is 1. The molecule has 0 bridgehead atoms. The summed E-state index contributed by atoms with van der Waals surface area (Å²) in [5, 5.41) is 9.02. The number of pyridine rings is 2. The van der Waals surface area contributed by atoms with Crippen LogP contribution in [0, 0.1) is 0 Å². The van der Waals surface area contributed by atoms with Crippen LogP contribution in [-0.4, -0.2) is 73.7 Å². The predicted octanol–water partition coefficient (Wildman–Crippen LogP) is 4.03. The zero-order valence-electron chi connectivity index (χ0n) is 23.1. The van der Waals surface area contributed by atoms with Crippen LogP contribution < -0.4 is 9.80 Å². The lowest BCUT2D eigenvalue weighted by molar-refractivity contribution is 0.0292. The van der Waals surface area contributed by atoms with Gasteiger partial charge in [-0.25, -0.2) is 9.59 Å². The van der Waals surface area contributed by atoms with Crippen molar-refractivity contribution in [3.05, 3.63) is 54.7 Å². The normalized spacial score (nSPS) is 17.0. The molecular formula is C29H30N8O3. The molecule has 40 heavy (non-hydrogen) atoms. The van der Waals surface area contributed by atoms with Gasteiger partial charge in [-0.1, -0.05) is 17.3 Å². The predicted molar refractivity (Wildman–Crippen MR) is 151 cm³/mol. The highest BCUT2D eigenvalue weighted by Gasteiger charge is 2.41. The third-order valence-electron chi connectivity index (χ3n) is 7.20. The van der Waals surface area contributed by atoms with E-state index in [0.29, 0.717) is 31.0 Å². The van der Waals surface area contributed by atoms with Crippen LogP contribution in [-0.2, 0) is 16.6 Å². The molecule has 2 aliphatic heterocycles. The molecule has 0 spiro atoms. The van der Waals surface area contributed by atoms with Crippen LogP contribution in [0.4, 0.5) is 16.2 Å². The van der Waals surface area contributed by atoms with Gasteiger partial charge in [0.1, 0.15) is 11.3 Å². The number of ether oxygens (including phenoxy) is 1. The zero-order chi connectivity index (χ0) is 28.2. The van der Waals surface area contributed by atoms with E-state index in [1.807, 2.05) is 81.3 Å². The van der Waals surface area contributed by atoms with E-state index in [-0.39, 0.29) is 12.1 Å². The Balaban J connectivity index is 1.37. The number of amides is 1. The molecule has 1 atom stereocenters. The Morgan fingerprint density at radius 1 is 1.05 bits per heavy atom. The van der Waals surface area contributed by atoms with E-state index >= 15 is 0 Å². The molecule has 11 nitrogen and oxygen atoms in total. The van der Waals surface area contributed by atoms with Crippen molar-refractivity contribution in [3.8, 4) is 22.5 Å². The van der Waals surface area contributed by atoms with Gasteiger partial charge < -0.3 is 19.4 Å². The van der Waals surface area contributed by atoms with Gasteiger partial charge in [0, 0.05) is 44.3 Å². The van der Waals surface area contributed by atoms with Crippen LogP contribution in [0.1, 0.15) is 27.2 Å². The number of rotatable bonds is 3. The van der Waals surface area contributed by atoms with E-state index in [9.17, 15) is 9.59 Å². The smallest absolute Gasteiger partial charge is 0.410 e. The van der Waals surface area contributed by atoms with Crippen molar-refractivity contribution in [1.82, 2.24) is 29.9 Å². The number of nitrogens with zero attached hydrogens (tertiary/aromatic N) is 8. The van der Waals surface area contributed by atoms with Crippen LogP contribution in [0.2, 0.25) is 0 Å². The van der Waals surface area contributed by atoms with Crippen molar-refractivity contribution in [2.75, 3.05) is 29.9 Å². The van der Waals surface area contributed by atoms with Gasteiger partial charge in [-0.3, -0.25) is 14.6 Å². The van der Waals surface area contributed by atoms with Crippen molar-refractivity contribution in [2.24, 2.45) is 7.05 Å². The molecule has 0 N–H and O–H groups in total. The van der Waals surface area contributed by atoms with Crippen LogP contribution in [0.25, 0.3) is 33.4 Å². The Labute approximate surface area is 231 Å². The van der Waals surface area contributed by atoms with E-state index in [2.05, 4.69) is 32.3 Å². The van der Waals surface area contributed by atoms with Gasteiger partial charge in [-0.2, -0.15) is 0 Å². The van der Waals surface area contributed by atoms with Gasteiger partial charge in [0.2, 0.25) is 5.82 Å². The second-order valence-electron chi connectivity index (χ2n) is 11.2. The molecule has 4 aromatic rings. The molecule has 6 rings (SSSR count). The minimum absolute atomic E-state index is 0.116. The molecule has 3 aromatic heterocycles. The van der Waals surface area contributed by atoms with Crippen LogP contribution in [0.3, 0.4) is 0 Å². The maximum absolute atomic E-state index is 12.8. The van der Waals surface area contributed by atoms with Crippen molar-refractivity contribution in [1.29, 1.82) is 0 Å². The first-order valence-electron chi connectivity index (χ1n) is 13.1. The molecule has 204 valence electrons. The molecule has 0 unspecified atom stereocenters. The number of anilines is 2. The van der Waals surface area contributed by atoms with Crippen molar-refractivity contribution in [3.63, 3.8) is 0 Å². The molecule has 11 heteroatoms. The number of hydrogen-bond acceptors (Lipinski definition) is 9. The van der Waals surface area contributed by atoms with Gasteiger partial charge in [-0.15, -0.1) is 5.10 Å². The number of benzene rings is 1. The SMILES string of the molecule is CN1C(=C=O)N([C@H]2CCN(C(=O)OC(C)(C)C)C2)c2c1cnc1ccc(-c3ccc(-c4cn(C)nn4)nc3)cc21. The van der Waals surface area contributed by atoms with Gasteiger partial charge in [0.05, 0.1) is 41.0 Å². The molecule has 0 aliphatic carbocycles. The van der Waals surface area contributed by atoms with E-state index in [1.165, 1.54) is 0 Å². The van der Waals surface area contributed by atoms with Crippen molar-refractivity contribution < 1.29 is 14.3 Å². The number of aromatic nitrogens is 5. The summed E-state index contributed by atoms with van der Waals surface area (Å²) in [5.41, 5.74) is 5.27. The van der Waals surface area contributed by atoms with Gasteiger partial charge >= 0.3 is 6.09 Å². The first-order chi connectivity index (χ1) is 19.1. The maximum Gasteiger partial charge on any atom is 0.410 e. The number of carbonyl (C=O) groups excluding carboxylic acids is 2. The second kappa shape index (κ2) is 9.46. The van der Waals surface area contributed by atoms with Crippen molar-refractivity contribution in [2.45, 2.75) is 38.8 Å². The monoisotopic (exact) mass is 538 g/mol. The standard InChI is InChI=1S/C29H30N8O3/c1-29(2,3)40-28(39)36-11-10-20(15-36)37-26(17-38)35(5)25-14-31-22-8-6-18(12-21(22)27(25)37)19-7-9-23(30-13-19)24-16-34(4)33-32-24/h6-9,12-14,16,20H,10-11,15H2,1-5H3/t20-/m0/s1. The highest BCUT2D eigenvalue weighted by Crippen LogP contribution is 2.47. The fraction of sp³-hybridized carbons (Fsp3) is 0.345. The van der Waals surface area contributed by atoms with Gasteiger partial charge in [0.15, 0.2) is 5.94 Å². The van der Waals surface area contributed by atoms with Crippen LogP contribution >= 0.6 is 0 Å². The molecule has 2 aliphatic rings. The Morgan fingerprint density at radius 2 is 1.85 bits per heavy atom.